The van der Waals surface area contributed by atoms with Crippen LogP contribution in [-0.2, 0) is 4.79 Å². The zero-order chi connectivity index (χ0) is 17.5. The molecule has 0 saturated heterocycles. The van der Waals surface area contributed by atoms with Crippen LogP contribution in [0.1, 0.15) is 12.5 Å². The Morgan fingerprint density at radius 2 is 2.04 bits per heavy atom. The van der Waals surface area contributed by atoms with Crippen molar-refractivity contribution in [2.45, 2.75) is 6.92 Å². The molecule has 0 aliphatic rings. The standard InChI is InChI=1S/C18H14BrFN2O2/c1-2-24-17-8-3-12(10-16(17)19)9-13(11-21)18(23)22-15-6-4-14(20)5-7-15/h3-10H,2H2,1H3,(H,22,23)/b13-9-. The van der Waals surface area contributed by atoms with Crippen molar-refractivity contribution in [3.8, 4) is 11.8 Å². The van der Waals surface area contributed by atoms with Crippen LogP contribution in [0, 0.1) is 17.1 Å². The van der Waals surface area contributed by atoms with Crippen molar-refractivity contribution >= 4 is 33.6 Å². The van der Waals surface area contributed by atoms with E-state index < -0.39 is 11.7 Å². The highest BCUT2D eigenvalue weighted by Crippen LogP contribution is 2.27. The Bertz CT molecular complexity index is 811. The van der Waals surface area contributed by atoms with Crippen LogP contribution in [0.3, 0.4) is 0 Å². The van der Waals surface area contributed by atoms with E-state index in [4.69, 9.17) is 4.74 Å². The molecule has 0 aliphatic carbocycles. The van der Waals surface area contributed by atoms with Gasteiger partial charge in [0.1, 0.15) is 23.2 Å². The fraction of sp³-hybridized carbons (Fsp3) is 0.111. The van der Waals surface area contributed by atoms with Crippen LogP contribution in [-0.4, -0.2) is 12.5 Å². The number of nitriles is 1. The molecule has 0 bridgehead atoms. The van der Waals surface area contributed by atoms with E-state index in [1.165, 1.54) is 30.3 Å². The number of ether oxygens (including phenoxy) is 1. The van der Waals surface area contributed by atoms with Crippen molar-refractivity contribution in [2.75, 3.05) is 11.9 Å². The molecule has 0 aliphatic heterocycles. The predicted molar refractivity (Wildman–Crippen MR) is 93.9 cm³/mol. The van der Waals surface area contributed by atoms with E-state index >= 15 is 0 Å². The molecule has 0 spiro atoms. The Morgan fingerprint density at radius 3 is 2.62 bits per heavy atom. The molecule has 2 aromatic rings. The fourth-order valence-electron chi connectivity index (χ4n) is 1.93. The molecule has 0 saturated carbocycles. The average molecular weight is 389 g/mol. The Morgan fingerprint density at radius 1 is 1.33 bits per heavy atom. The van der Waals surface area contributed by atoms with Crippen LogP contribution in [0.15, 0.2) is 52.5 Å². The Hall–Kier alpha value is -2.65. The zero-order valence-corrected chi connectivity index (χ0v) is 14.4. The van der Waals surface area contributed by atoms with Gasteiger partial charge < -0.3 is 10.1 Å². The number of nitrogens with one attached hydrogen (secondary N) is 1. The second-order valence-corrected chi connectivity index (χ2v) is 5.61. The maximum Gasteiger partial charge on any atom is 0.266 e. The zero-order valence-electron chi connectivity index (χ0n) is 12.8. The van der Waals surface area contributed by atoms with Crippen LogP contribution in [0.5, 0.6) is 5.75 Å². The summed E-state index contributed by atoms with van der Waals surface area (Å²) in [4.78, 5) is 12.2. The molecule has 0 radical (unpaired) electrons. The van der Waals surface area contributed by atoms with Gasteiger partial charge in [0.15, 0.2) is 0 Å². The lowest BCUT2D eigenvalue weighted by Crippen LogP contribution is -2.13. The molecule has 4 nitrogen and oxygen atoms in total. The van der Waals surface area contributed by atoms with Crippen molar-refractivity contribution in [2.24, 2.45) is 0 Å². The SMILES string of the molecule is CCOc1ccc(/C=C(/C#N)C(=O)Nc2ccc(F)cc2)cc1Br. The third-order valence-electron chi connectivity index (χ3n) is 3.03. The molecule has 1 N–H and O–H groups in total. The molecule has 122 valence electrons. The number of carbonyl (C=O) groups excluding carboxylic acids is 1. The summed E-state index contributed by atoms with van der Waals surface area (Å²) in [5.74, 6) is -0.277. The van der Waals surface area contributed by atoms with E-state index in [-0.39, 0.29) is 5.57 Å². The Balaban J connectivity index is 2.19. The van der Waals surface area contributed by atoms with Gasteiger partial charge >= 0.3 is 0 Å². The summed E-state index contributed by atoms with van der Waals surface area (Å²) in [6.45, 7) is 2.42. The van der Waals surface area contributed by atoms with Gasteiger partial charge in [-0.2, -0.15) is 5.26 Å². The second kappa shape index (κ2) is 8.27. The summed E-state index contributed by atoms with van der Waals surface area (Å²) < 4.78 is 19.0. The molecule has 0 atom stereocenters. The Kier molecular flexibility index (Phi) is 6.10. The normalized spacial score (nSPS) is 10.8. The van der Waals surface area contributed by atoms with E-state index in [1.54, 1.807) is 18.2 Å². The van der Waals surface area contributed by atoms with Gasteiger partial charge in [-0.1, -0.05) is 6.07 Å². The summed E-state index contributed by atoms with van der Waals surface area (Å²) in [5, 5.41) is 11.8. The summed E-state index contributed by atoms with van der Waals surface area (Å²) in [6.07, 6.45) is 1.47. The van der Waals surface area contributed by atoms with E-state index in [9.17, 15) is 14.4 Å². The van der Waals surface area contributed by atoms with Gasteiger partial charge in [0.2, 0.25) is 0 Å². The number of amides is 1. The minimum absolute atomic E-state index is 0.0598. The fourth-order valence-corrected chi connectivity index (χ4v) is 2.44. The number of carbonyl (C=O) groups is 1. The highest BCUT2D eigenvalue weighted by molar-refractivity contribution is 9.10. The highest BCUT2D eigenvalue weighted by Gasteiger charge is 2.10. The first kappa shape index (κ1) is 17.7. The molecule has 2 aromatic carbocycles. The van der Waals surface area contributed by atoms with Gasteiger partial charge in [0, 0.05) is 5.69 Å². The van der Waals surface area contributed by atoms with Gasteiger partial charge in [0.05, 0.1) is 11.1 Å². The van der Waals surface area contributed by atoms with Crippen LogP contribution in [0.25, 0.3) is 6.08 Å². The number of rotatable bonds is 5. The third-order valence-corrected chi connectivity index (χ3v) is 3.65. The van der Waals surface area contributed by atoms with Gasteiger partial charge in [-0.05, 0) is 70.9 Å². The number of hydrogen-bond acceptors (Lipinski definition) is 3. The monoisotopic (exact) mass is 388 g/mol. The maximum atomic E-state index is 12.9. The highest BCUT2D eigenvalue weighted by atomic mass is 79.9. The molecule has 24 heavy (non-hydrogen) atoms. The van der Waals surface area contributed by atoms with Crippen molar-refractivity contribution in [3.63, 3.8) is 0 Å². The molecule has 0 unspecified atom stereocenters. The molecule has 0 fully saturated rings. The quantitative estimate of drug-likeness (QED) is 0.604. The molecular formula is C18H14BrFN2O2. The van der Waals surface area contributed by atoms with Gasteiger partial charge in [0.25, 0.3) is 5.91 Å². The number of benzene rings is 2. The van der Waals surface area contributed by atoms with E-state index in [0.29, 0.717) is 23.6 Å². The molecular weight excluding hydrogens is 375 g/mol. The van der Waals surface area contributed by atoms with E-state index in [2.05, 4.69) is 21.2 Å². The summed E-state index contributed by atoms with van der Waals surface area (Å²) >= 11 is 3.38. The summed E-state index contributed by atoms with van der Waals surface area (Å²) in [5.41, 5.74) is 1.03. The second-order valence-electron chi connectivity index (χ2n) is 4.75. The molecule has 2 rings (SSSR count). The third kappa shape index (κ3) is 4.67. The van der Waals surface area contributed by atoms with Crippen LogP contribution in [0.4, 0.5) is 10.1 Å². The topological polar surface area (TPSA) is 62.1 Å². The summed E-state index contributed by atoms with van der Waals surface area (Å²) in [6, 6.07) is 12.4. The molecule has 1 amide bonds. The first-order chi connectivity index (χ1) is 11.5. The van der Waals surface area contributed by atoms with Gasteiger partial charge in [-0.3, -0.25) is 4.79 Å². The van der Waals surface area contributed by atoms with Gasteiger partial charge in [-0.25, -0.2) is 4.39 Å². The van der Waals surface area contributed by atoms with Crippen LogP contribution in [0.2, 0.25) is 0 Å². The van der Waals surface area contributed by atoms with E-state index in [0.717, 1.165) is 4.47 Å². The number of hydrogen-bond donors (Lipinski definition) is 1. The molecule has 0 aromatic heterocycles. The molecule has 6 heteroatoms. The first-order valence-corrected chi connectivity index (χ1v) is 7.94. The lowest BCUT2D eigenvalue weighted by Gasteiger charge is -2.07. The first-order valence-electron chi connectivity index (χ1n) is 7.14. The lowest BCUT2D eigenvalue weighted by atomic mass is 10.1. The van der Waals surface area contributed by atoms with E-state index in [1.807, 2.05) is 13.0 Å². The van der Waals surface area contributed by atoms with Crippen molar-refractivity contribution < 1.29 is 13.9 Å². The number of nitrogens with zero attached hydrogens (tertiary/aromatic N) is 1. The largest absolute Gasteiger partial charge is 0.493 e. The van der Waals surface area contributed by atoms with Crippen molar-refractivity contribution in [1.82, 2.24) is 0 Å². The predicted octanol–water partition coefficient (Wildman–Crippen LogP) is 4.53. The number of anilines is 1. The minimum Gasteiger partial charge on any atom is -0.493 e. The average Bonchev–Trinajstić information content (AvgIpc) is 2.57. The summed E-state index contributed by atoms with van der Waals surface area (Å²) in [7, 11) is 0. The smallest absolute Gasteiger partial charge is 0.266 e. The van der Waals surface area contributed by atoms with Gasteiger partial charge in [-0.15, -0.1) is 0 Å². The maximum absolute atomic E-state index is 12.9. The minimum atomic E-state index is -0.561. The van der Waals surface area contributed by atoms with Crippen LogP contribution < -0.4 is 10.1 Å². The number of halogens is 2. The Labute approximate surface area is 147 Å². The van der Waals surface area contributed by atoms with Crippen molar-refractivity contribution in [3.05, 3.63) is 63.9 Å². The van der Waals surface area contributed by atoms with Crippen molar-refractivity contribution in [1.29, 1.82) is 5.26 Å². The molecule has 0 heterocycles. The van der Waals surface area contributed by atoms with Crippen LogP contribution >= 0.6 is 15.9 Å². The lowest BCUT2D eigenvalue weighted by molar-refractivity contribution is -0.112.